The number of aliphatic hydroxyl groups is 1. The SMILES string of the molecule is CC1(C23CCC(CC2)C3)CC(O)C(=O)O1. The Morgan fingerprint density at radius 2 is 2.00 bits per heavy atom. The summed E-state index contributed by atoms with van der Waals surface area (Å²) in [6.07, 6.45) is 5.72. The molecule has 3 heteroatoms. The smallest absolute Gasteiger partial charge is 0.335 e. The van der Waals surface area contributed by atoms with Gasteiger partial charge in [0.2, 0.25) is 0 Å². The van der Waals surface area contributed by atoms with Crippen LogP contribution in [0.3, 0.4) is 0 Å². The second-order valence-corrected chi connectivity index (χ2v) is 5.80. The number of hydrogen-bond acceptors (Lipinski definition) is 3. The van der Waals surface area contributed by atoms with Crippen molar-refractivity contribution in [2.45, 2.75) is 57.2 Å². The summed E-state index contributed by atoms with van der Waals surface area (Å²) < 4.78 is 5.48. The van der Waals surface area contributed by atoms with Gasteiger partial charge in [0.05, 0.1) is 0 Å². The molecule has 3 nitrogen and oxygen atoms in total. The fraction of sp³-hybridized carbons (Fsp3) is 0.917. The highest BCUT2D eigenvalue weighted by Crippen LogP contribution is 2.62. The molecule has 3 fully saturated rings. The second kappa shape index (κ2) is 2.76. The van der Waals surface area contributed by atoms with Crippen LogP contribution >= 0.6 is 0 Å². The van der Waals surface area contributed by atoms with Crippen molar-refractivity contribution in [1.82, 2.24) is 0 Å². The van der Waals surface area contributed by atoms with Gasteiger partial charge in [-0.25, -0.2) is 4.79 Å². The molecule has 84 valence electrons. The van der Waals surface area contributed by atoms with E-state index < -0.39 is 17.7 Å². The van der Waals surface area contributed by atoms with Crippen molar-refractivity contribution in [1.29, 1.82) is 0 Å². The summed E-state index contributed by atoms with van der Waals surface area (Å²) in [5, 5.41) is 9.54. The van der Waals surface area contributed by atoms with Gasteiger partial charge < -0.3 is 9.84 Å². The standard InChI is InChI=1S/C12H18O3/c1-11(7-9(13)10(14)15-11)12-4-2-8(6-12)3-5-12/h8-9,13H,2-7H2,1H3. The molecule has 2 aliphatic carbocycles. The summed E-state index contributed by atoms with van der Waals surface area (Å²) in [6.45, 7) is 2.02. The Morgan fingerprint density at radius 3 is 2.40 bits per heavy atom. The third-order valence-corrected chi connectivity index (χ3v) is 5.04. The van der Waals surface area contributed by atoms with Crippen molar-refractivity contribution in [2.24, 2.45) is 11.3 Å². The molecule has 0 aromatic carbocycles. The van der Waals surface area contributed by atoms with Gasteiger partial charge in [0.25, 0.3) is 0 Å². The molecule has 2 unspecified atom stereocenters. The zero-order valence-electron chi connectivity index (χ0n) is 9.16. The van der Waals surface area contributed by atoms with Gasteiger partial charge in [0, 0.05) is 11.8 Å². The predicted molar refractivity (Wildman–Crippen MR) is 54.1 cm³/mol. The van der Waals surface area contributed by atoms with Crippen LogP contribution in [0.15, 0.2) is 0 Å². The van der Waals surface area contributed by atoms with Crippen LogP contribution in [0, 0.1) is 11.3 Å². The van der Waals surface area contributed by atoms with Crippen molar-refractivity contribution in [3.05, 3.63) is 0 Å². The summed E-state index contributed by atoms with van der Waals surface area (Å²) >= 11 is 0. The quantitative estimate of drug-likeness (QED) is 0.669. The van der Waals surface area contributed by atoms with Gasteiger partial charge in [0.15, 0.2) is 6.10 Å². The first-order valence-corrected chi connectivity index (χ1v) is 5.96. The molecule has 2 atom stereocenters. The van der Waals surface area contributed by atoms with E-state index in [1.165, 1.54) is 32.1 Å². The van der Waals surface area contributed by atoms with Crippen LogP contribution in [0.1, 0.15) is 45.4 Å². The third-order valence-electron chi connectivity index (χ3n) is 5.04. The lowest BCUT2D eigenvalue weighted by molar-refractivity contribution is -0.161. The zero-order chi connectivity index (χ0) is 10.7. The largest absolute Gasteiger partial charge is 0.457 e. The maximum Gasteiger partial charge on any atom is 0.335 e. The first-order chi connectivity index (χ1) is 7.05. The maximum absolute atomic E-state index is 11.3. The van der Waals surface area contributed by atoms with Crippen molar-refractivity contribution in [3.63, 3.8) is 0 Å². The Kier molecular flexibility index (Phi) is 1.77. The van der Waals surface area contributed by atoms with E-state index in [1.54, 1.807) is 0 Å². The third kappa shape index (κ3) is 1.13. The maximum atomic E-state index is 11.3. The molecule has 3 aliphatic rings. The van der Waals surface area contributed by atoms with Gasteiger partial charge in [-0.15, -0.1) is 0 Å². The molecular formula is C12H18O3. The van der Waals surface area contributed by atoms with E-state index in [2.05, 4.69) is 0 Å². The van der Waals surface area contributed by atoms with Gasteiger partial charge in [0.1, 0.15) is 5.60 Å². The van der Waals surface area contributed by atoms with Crippen LogP contribution < -0.4 is 0 Å². The second-order valence-electron chi connectivity index (χ2n) is 5.80. The molecule has 0 amide bonds. The number of hydrogen-bond donors (Lipinski definition) is 1. The molecule has 0 aromatic heterocycles. The van der Waals surface area contributed by atoms with Crippen LogP contribution in [0.25, 0.3) is 0 Å². The minimum atomic E-state index is -0.885. The fourth-order valence-corrected chi connectivity index (χ4v) is 4.04. The van der Waals surface area contributed by atoms with E-state index in [9.17, 15) is 9.90 Å². The Bertz CT molecular complexity index is 304. The van der Waals surface area contributed by atoms with Crippen molar-refractivity contribution in [3.8, 4) is 0 Å². The molecule has 1 saturated heterocycles. The Balaban J connectivity index is 1.90. The lowest BCUT2D eigenvalue weighted by atomic mass is 9.69. The topological polar surface area (TPSA) is 46.5 Å². The van der Waals surface area contributed by atoms with E-state index >= 15 is 0 Å². The molecule has 1 aliphatic heterocycles. The number of fused-ring (bicyclic) bond motifs is 2. The molecule has 1 heterocycles. The van der Waals surface area contributed by atoms with Crippen LogP contribution in [0.4, 0.5) is 0 Å². The van der Waals surface area contributed by atoms with E-state index in [0.717, 1.165) is 5.92 Å². The van der Waals surface area contributed by atoms with E-state index in [4.69, 9.17) is 4.74 Å². The zero-order valence-corrected chi connectivity index (χ0v) is 9.16. The normalized spacial score (nSPS) is 53.6. The van der Waals surface area contributed by atoms with Crippen molar-refractivity contribution in [2.75, 3.05) is 0 Å². The minimum absolute atomic E-state index is 0.185. The van der Waals surface area contributed by atoms with Crippen LogP contribution in [0.5, 0.6) is 0 Å². The summed E-state index contributed by atoms with van der Waals surface area (Å²) in [5.41, 5.74) is -0.209. The number of carbonyl (C=O) groups excluding carboxylic acids is 1. The number of aliphatic hydroxyl groups excluding tert-OH is 1. The van der Waals surface area contributed by atoms with Crippen molar-refractivity contribution >= 4 is 5.97 Å². The van der Waals surface area contributed by atoms with Gasteiger partial charge >= 0.3 is 5.97 Å². The molecule has 0 radical (unpaired) electrons. The Labute approximate surface area is 89.8 Å². The summed E-state index contributed by atoms with van der Waals surface area (Å²) in [6, 6.07) is 0. The van der Waals surface area contributed by atoms with Gasteiger partial charge in [-0.3, -0.25) is 0 Å². The minimum Gasteiger partial charge on any atom is -0.457 e. The number of esters is 1. The number of rotatable bonds is 1. The monoisotopic (exact) mass is 210 g/mol. The first-order valence-electron chi connectivity index (χ1n) is 5.96. The van der Waals surface area contributed by atoms with E-state index in [0.29, 0.717) is 6.42 Å². The molecule has 2 bridgehead atoms. The molecule has 15 heavy (non-hydrogen) atoms. The van der Waals surface area contributed by atoms with Gasteiger partial charge in [-0.05, 0) is 44.9 Å². The Hall–Kier alpha value is -0.570. The highest BCUT2D eigenvalue weighted by atomic mass is 16.6. The summed E-state index contributed by atoms with van der Waals surface area (Å²) in [7, 11) is 0. The average molecular weight is 210 g/mol. The van der Waals surface area contributed by atoms with Crippen LogP contribution in [-0.4, -0.2) is 22.8 Å². The highest BCUT2D eigenvalue weighted by Gasteiger charge is 2.61. The fourth-order valence-electron chi connectivity index (χ4n) is 4.04. The summed E-state index contributed by atoms with van der Waals surface area (Å²) in [5.74, 6) is 0.431. The number of cyclic esters (lactones) is 1. The molecule has 2 saturated carbocycles. The van der Waals surface area contributed by atoms with Gasteiger partial charge in [-0.2, -0.15) is 0 Å². The van der Waals surface area contributed by atoms with E-state index in [1.807, 2.05) is 6.92 Å². The molecule has 0 spiro atoms. The van der Waals surface area contributed by atoms with E-state index in [-0.39, 0.29) is 5.41 Å². The number of carbonyl (C=O) groups is 1. The van der Waals surface area contributed by atoms with Crippen LogP contribution in [-0.2, 0) is 9.53 Å². The first kappa shape index (κ1) is 9.64. The number of ether oxygens (including phenoxy) is 1. The highest BCUT2D eigenvalue weighted by molar-refractivity contribution is 5.77. The molecule has 0 aromatic rings. The average Bonchev–Trinajstić information content (AvgIpc) is 2.82. The van der Waals surface area contributed by atoms with Gasteiger partial charge in [-0.1, -0.05) is 0 Å². The van der Waals surface area contributed by atoms with Crippen molar-refractivity contribution < 1.29 is 14.6 Å². The molecule has 3 rings (SSSR count). The Morgan fingerprint density at radius 1 is 1.33 bits per heavy atom. The lowest BCUT2D eigenvalue weighted by Crippen LogP contribution is -2.43. The molecule has 1 N–H and O–H groups in total. The lowest BCUT2D eigenvalue weighted by Gasteiger charge is -2.41. The predicted octanol–water partition coefficient (Wildman–Crippen LogP) is 1.63. The van der Waals surface area contributed by atoms with Crippen LogP contribution in [0.2, 0.25) is 0 Å². The summed E-state index contributed by atoms with van der Waals surface area (Å²) in [4.78, 5) is 11.3. The molecular weight excluding hydrogens is 192 g/mol.